The highest BCUT2D eigenvalue weighted by Gasteiger charge is 2.41. The first kappa shape index (κ1) is 14.1. The Labute approximate surface area is 112 Å². The van der Waals surface area contributed by atoms with Crippen LogP contribution in [-0.4, -0.2) is 52.9 Å². The van der Waals surface area contributed by atoms with Gasteiger partial charge in [0, 0.05) is 19.6 Å². The molecule has 1 aliphatic heterocycles. The molecule has 2 fully saturated rings. The summed E-state index contributed by atoms with van der Waals surface area (Å²) in [6.07, 6.45) is 3.98. The average Bonchev–Trinajstić information content (AvgIpc) is 2.87. The minimum Gasteiger partial charge on any atom is -0.481 e. The molecule has 0 aromatic carbocycles. The summed E-state index contributed by atoms with van der Waals surface area (Å²) in [7, 11) is 0. The number of carbonyl (C=O) groups is 2. The Morgan fingerprint density at radius 2 is 1.79 bits per heavy atom. The van der Waals surface area contributed by atoms with Crippen LogP contribution in [0.1, 0.15) is 38.5 Å². The maximum atomic E-state index is 12.0. The van der Waals surface area contributed by atoms with E-state index in [4.69, 9.17) is 0 Å². The molecule has 0 unspecified atom stereocenters. The second kappa shape index (κ2) is 5.77. The minimum atomic E-state index is -0.806. The largest absolute Gasteiger partial charge is 0.481 e. The first-order valence-electron chi connectivity index (χ1n) is 6.98. The number of carbonyl (C=O) groups excluding carboxylic acids is 1. The maximum absolute atomic E-state index is 12.0. The summed E-state index contributed by atoms with van der Waals surface area (Å²) >= 11 is 0. The molecular formula is C13H22N2O4. The van der Waals surface area contributed by atoms with E-state index in [1.807, 2.05) is 0 Å². The number of aliphatic hydroxyl groups is 1. The summed E-state index contributed by atoms with van der Waals surface area (Å²) in [5.41, 5.74) is -0.773. The van der Waals surface area contributed by atoms with Gasteiger partial charge in [0.25, 0.3) is 0 Å². The van der Waals surface area contributed by atoms with Crippen molar-refractivity contribution in [2.24, 2.45) is 5.41 Å². The Bertz CT molecular complexity index is 345. The van der Waals surface area contributed by atoms with Crippen LogP contribution < -0.4 is 5.32 Å². The number of nitrogens with one attached hydrogen (secondary N) is 1. The van der Waals surface area contributed by atoms with Gasteiger partial charge in [0.2, 0.25) is 0 Å². The summed E-state index contributed by atoms with van der Waals surface area (Å²) < 4.78 is 0. The van der Waals surface area contributed by atoms with Gasteiger partial charge in [-0.05, 0) is 25.7 Å². The number of aliphatic carboxylic acids is 1. The average molecular weight is 270 g/mol. The molecule has 0 radical (unpaired) electrons. The van der Waals surface area contributed by atoms with Gasteiger partial charge in [-0.3, -0.25) is 4.79 Å². The normalized spacial score (nSPS) is 23.3. The zero-order valence-corrected chi connectivity index (χ0v) is 11.1. The molecule has 19 heavy (non-hydrogen) atoms. The summed E-state index contributed by atoms with van der Waals surface area (Å²) in [5, 5.41) is 21.5. The minimum absolute atomic E-state index is 0.209. The van der Waals surface area contributed by atoms with Gasteiger partial charge in [-0.2, -0.15) is 0 Å². The van der Waals surface area contributed by atoms with Crippen molar-refractivity contribution in [2.75, 3.05) is 19.6 Å². The number of nitrogens with zero attached hydrogens (tertiary/aromatic N) is 1. The van der Waals surface area contributed by atoms with E-state index in [1.165, 1.54) is 0 Å². The number of hydrogen-bond acceptors (Lipinski definition) is 3. The lowest BCUT2D eigenvalue weighted by Gasteiger charge is -2.31. The number of aliphatic hydroxyl groups excluding tert-OH is 1. The van der Waals surface area contributed by atoms with Gasteiger partial charge in [-0.1, -0.05) is 12.8 Å². The van der Waals surface area contributed by atoms with Crippen LogP contribution in [0.2, 0.25) is 0 Å². The van der Waals surface area contributed by atoms with Gasteiger partial charge in [0.15, 0.2) is 0 Å². The Morgan fingerprint density at radius 3 is 2.32 bits per heavy atom. The van der Waals surface area contributed by atoms with Crippen LogP contribution >= 0.6 is 0 Å². The van der Waals surface area contributed by atoms with Crippen LogP contribution in [0.3, 0.4) is 0 Å². The molecule has 108 valence electrons. The van der Waals surface area contributed by atoms with E-state index in [0.29, 0.717) is 38.8 Å². The first-order valence-corrected chi connectivity index (χ1v) is 6.98. The number of rotatable bonds is 3. The van der Waals surface area contributed by atoms with Crippen LogP contribution in [0.15, 0.2) is 0 Å². The summed E-state index contributed by atoms with van der Waals surface area (Å²) in [5.74, 6) is -0.806. The van der Waals surface area contributed by atoms with E-state index in [9.17, 15) is 19.8 Å². The molecule has 0 spiro atoms. The zero-order valence-electron chi connectivity index (χ0n) is 11.1. The highest BCUT2D eigenvalue weighted by Crippen LogP contribution is 2.37. The smallest absolute Gasteiger partial charge is 0.317 e. The second-order valence-corrected chi connectivity index (χ2v) is 5.67. The van der Waals surface area contributed by atoms with Gasteiger partial charge < -0.3 is 20.4 Å². The van der Waals surface area contributed by atoms with E-state index in [2.05, 4.69) is 5.32 Å². The molecule has 6 heteroatoms. The Kier molecular flexibility index (Phi) is 4.29. The fourth-order valence-electron chi connectivity index (χ4n) is 2.94. The number of carboxylic acid groups (broad SMARTS) is 1. The number of carboxylic acids is 1. The van der Waals surface area contributed by atoms with Crippen molar-refractivity contribution >= 4 is 12.0 Å². The summed E-state index contributed by atoms with van der Waals surface area (Å²) in [4.78, 5) is 25.0. The van der Waals surface area contributed by atoms with Crippen molar-refractivity contribution < 1.29 is 19.8 Å². The van der Waals surface area contributed by atoms with Crippen molar-refractivity contribution in [3.8, 4) is 0 Å². The predicted molar refractivity (Wildman–Crippen MR) is 68.7 cm³/mol. The Balaban J connectivity index is 1.84. The third-order valence-electron chi connectivity index (χ3n) is 4.34. The molecule has 1 heterocycles. The topological polar surface area (TPSA) is 89.9 Å². The number of piperidine rings is 1. The molecule has 1 aliphatic carbocycles. The molecule has 0 aromatic heterocycles. The first-order chi connectivity index (χ1) is 9.03. The molecule has 2 aliphatic rings. The monoisotopic (exact) mass is 270 g/mol. The van der Waals surface area contributed by atoms with Gasteiger partial charge in [0.1, 0.15) is 0 Å². The van der Waals surface area contributed by atoms with E-state index < -0.39 is 11.4 Å². The van der Waals surface area contributed by atoms with Crippen molar-refractivity contribution in [3.63, 3.8) is 0 Å². The predicted octanol–water partition coefficient (Wildman–Crippen LogP) is 0.798. The molecule has 3 N–H and O–H groups in total. The van der Waals surface area contributed by atoms with Crippen molar-refractivity contribution in [3.05, 3.63) is 0 Å². The second-order valence-electron chi connectivity index (χ2n) is 5.67. The third-order valence-corrected chi connectivity index (χ3v) is 4.34. The third kappa shape index (κ3) is 3.18. The number of amides is 2. The lowest BCUT2D eigenvalue weighted by Crippen LogP contribution is -2.49. The fraction of sp³-hybridized carbons (Fsp3) is 0.846. The Morgan fingerprint density at radius 1 is 1.21 bits per heavy atom. The standard InChI is InChI=1S/C13H22N2O4/c16-10-3-7-15(8-4-10)12(19)14-9-13(11(17)18)5-1-2-6-13/h10,16H,1-9H2,(H,14,19)(H,17,18). The summed E-state index contributed by atoms with van der Waals surface area (Å²) in [6, 6.07) is -0.209. The molecule has 2 amide bonds. The van der Waals surface area contributed by atoms with Crippen LogP contribution in [0.25, 0.3) is 0 Å². The number of likely N-dealkylation sites (tertiary alicyclic amines) is 1. The lowest BCUT2D eigenvalue weighted by molar-refractivity contribution is -0.148. The zero-order chi connectivity index (χ0) is 13.9. The summed E-state index contributed by atoms with van der Waals surface area (Å²) in [6.45, 7) is 1.28. The van der Waals surface area contributed by atoms with Gasteiger partial charge >= 0.3 is 12.0 Å². The van der Waals surface area contributed by atoms with Crippen molar-refractivity contribution in [2.45, 2.75) is 44.6 Å². The van der Waals surface area contributed by atoms with Gasteiger partial charge in [0.05, 0.1) is 11.5 Å². The molecule has 0 bridgehead atoms. The fourth-order valence-corrected chi connectivity index (χ4v) is 2.94. The lowest BCUT2D eigenvalue weighted by atomic mass is 9.86. The SMILES string of the molecule is O=C(NCC1(C(=O)O)CCCC1)N1CCC(O)CC1. The highest BCUT2D eigenvalue weighted by atomic mass is 16.4. The quantitative estimate of drug-likeness (QED) is 0.707. The molecular weight excluding hydrogens is 248 g/mol. The molecule has 2 rings (SSSR count). The van der Waals surface area contributed by atoms with E-state index in [1.54, 1.807) is 4.90 Å². The van der Waals surface area contributed by atoms with Crippen LogP contribution in [0.5, 0.6) is 0 Å². The van der Waals surface area contributed by atoms with Crippen LogP contribution in [-0.2, 0) is 4.79 Å². The number of urea groups is 1. The van der Waals surface area contributed by atoms with Crippen LogP contribution in [0, 0.1) is 5.41 Å². The Hall–Kier alpha value is -1.30. The van der Waals surface area contributed by atoms with Gasteiger partial charge in [-0.25, -0.2) is 4.79 Å². The maximum Gasteiger partial charge on any atom is 0.317 e. The van der Waals surface area contributed by atoms with Crippen molar-refractivity contribution in [1.82, 2.24) is 10.2 Å². The van der Waals surface area contributed by atoms with E-state index >= 15 is 0 Å². The van der Waals surface area contributed by atoms with E-state index in [0.717, 1.165) is 12.8 Å². The van der Waals surface area contributed by atoms with Crippen LogP contribution in [0.4, 0.5) is 4.79 Å². The van der Waals surface area contributed by atoms with Gasteiger partial charge in [-0.15, -0.1) is 0 Å². The molecule has 6 nitrogen and oxygen atoms in total. The highest BCUT2D eigenvalue weighted by molar-refractivity contribution is 5.78. The van der Waals surface area contributed by atoms with Crippen molar-refractivity contribution in [1.29, 1.82) is 0 Å². The molecule has 1 saturated carbocycles. The molecule has 0 atom stereocenters. The number of hydrogen-bond donors (Lipinski definition) is 3. The van der Waals surface area contributed by atoms with E-state index in [-0.39, 0.29) is 18.7 Å². The molecule has 0 aromatic rings. The molecule has 1 saturated heterocycles.